The summed E-state index contributed by atoms with van der Waals surface area (Å²) in [7, 11) is 1.77. The van der Waals surface area contributed by atoms with Crippen molar-refractivity contribution in [1.82, 2.24) is 5.32 Å². The van der Waals surface area contributed by atoms with Crippen molar-refractivity contribution < 1.29 is 32.5 Å². The number of hydrogen-bond donors (Lipinski definition) is 2. The van der Waals surface area contributed by atoms with Gasteiger partial charge in [-0.2, -0.15) is 0 Å². The Morgan fingerprint density at radius 1 is 0.725 bits per heavy atom. The van der Waals surface area contributed by atoms with Gasteiger partial charge in [-0.1, -0.05) is 117 Å². The lowest BCUT2D eigenvalue weighted by Crippen LogP contribution is -2.37. The number of rotatable bonds is 30. The normalized spacial score (nSPS) is 14.2. The lowest BCUT2D eigenvalue weighted by atomic mass is 10.0. The average molecular weight is 594 g/mol. The van der Waals surface area contributed by atoms with Gasteiger partial charge in [-0.3, -0.25) is 13.8 Å². The minimum atomic E-state index is -4.16. The van der Waals surface area contributed by atoms with E-state index < -0.39 is 13.9 Å². The fourth-order valence-electron chi connectivity index (χ4n) is 4.42. The van der Waals surface area contributed by atoms with Gasteiger partial charge in [0.2, 0.25) is 5.91 Å². The summed E-state index contributed by atoms with van der Waals surface area (Å²) in [4.78, 5) is 22.2. The van der Waals surface area contributed by atoms with Crippen LogP contribution in [0.2, 0.25) is 0 Å². The topological polar surface area (TPSA) is 94.1 Å². The van der Waals surface area contributed by atoms with E-state index in [-0.39, 0.29) is 25.7 Å². The molecular formula is C31H66N2O6P+. The first-order valence-corrected chi connectivity index (χ1v) is 17.9. The maximum Gasteiger partial charge on any atom is 0.472 e. The molecule has 0 aromatic heterocycles. The lowest BCUT2D eigenvalue weighted by molar-refractivity contribution is -0.870. The molecule has 0 rings (SSSR count). The summed E-state index contributed by atoms with van der Waals surface area (Å²) in [5.74, 6) is -0.0163. The molecule has 0 bridgehead atoms. The summed E-state index contributed by atoms with van der Waals surface area (Å²) in [5, 5.41) is 2.89. The second-order valence-electron chi connectivity index (χ2n) is 12.3. The first-order chi connectivity index (χ1) is 19.1. The Bertz CT molecular complexity index is 629. The molecule has 2 unspecified atom stereocenters. The molecule has 0 aromatic rings. The summed E-state index contributed by atoms with van der Waals surface area (Å²) in [5.41, 5.74) is 0. The van der Waals surface area contributed by atoms with Crippen molar-refractivity contribution in [2.75, 3.05) is 54.1 Å². The Morgan fingerprint density at radius 3 is 1.65 bits per heavy atom. The molecule has 1 amide bonds. The van der Waals surface area contributed by atoms with E-state index in [2.05, 4.69) is 12.2 Å². The summed E-state index contributed by atoms with van der Waals surface area (Å²) in [6, 6.07) is 0. The predicted octanol–water partition coefficient (Wildman–Crippen LogP) is 7.78. The highest BCUT2D eigenvalue weighted by Gasteiger charge is 2.25. The number of carbonyl (C=O) groups excluding carboxylic acids is 1. The largest absolute Gasteiger partial charge is 0.472 e. The summed E-state index contributed by atoms with van der Waals surface area (Å²) in [6.45, 7) is 5.58. The molecule has 0 aliphatic carbocycles. The van der Waals surface area contributed by atoms with Gasteiger partial charge in [-0.05, 0) is 12.8 Å². The smallest absolute Gasteiger partial charge is 0.374 e. The first kappa shape index (κ1) is 39.5. The molecule has 0 aromatic carbocycles. The van der Waals surface area contributed by atoms with Gasteiger partial charge in [0.1, 0.15) is 13.2 Å². The number of phosphoric acid groups is 1. The molecule has 8 nitrogen and oxygen atoms in total. The molecule has 9 heteroatoms. The van der Waals surface area contributed by atoms with E-state index in [1.165, 1.54) is 96.3 Å². The summed E-state index contributed by atoms with van der Waals surface area (Å²) in [6.07, 6.45) is 23.2. The van der Waals surface area contributed by atoms with Crippen molar-refractivity contribution >= 4 is 13.7 Å². The van der Waals surface area contributed by atoms with Crippen LogP contribution in [0.3, 0.4) is 0 Å². The van der Waals surface area contributed by atoms with Crippen LogP contribution in [0.5, 0.6) is 0 Å². The van der Waals surface area contributed by atoms with E-state index in [0.29, 0.717) is 24.1 Å². The number of amides is 1. The van der Waals surface area contributed by atoms with Crippen molar-refractivity contribution in [2.24, 2.45) is 0 Å². The molecule has 2 N–H and O–H groups in total. The van der Waals surface area contributed by atoms with Gasteiger partial charge < -0.3 is 19.4 Å². The summed E-state index contributed by atoms with van der Waals surface area (Å²) < 4.78 is 28.7. The molecule has 0 heterocycles. The van der Waals surface area contributed by atoms with E-state index >= 15 is 0 Å². The van der Waals surface area contributed by atoms with Crippen LogP contribution in [0.4, 0.5) is 0 Å². The maximum absolute atomic E-state index is 12.3. The zero-order chi connectivity index (χ0) is 30.0. The second kappa shape index (κ2) is 26.2. The van der Waals surface area contributed by atoms with Crippen LogP contribution in [-0.2, 0) is 23.1 Å². The quantitative estimate of drug-likeness (QED) is 0.0502. The van der Waals surface area contributed by atoms with Gasteiger partial charge >= 0.3 is 7.82 Å². The number of quaternary nitrogens is 1. The Labute approximate surface area is 247 Å². The Morgan fingerprint density at radius 2 is 1.20 bits per heavy atom. The van der Waals surface area contributed by atoms with Crippen LogP contribution in [0.1, 0.15) is 136 Å². The van der Waals surface area contributed by atoms with E-state index in [4.69, 9.17) is 13.8 Å². The van der Waals surface area contributed by atoms with Crippen molar-refractivity contribution in [1.29, 1.82) is 0 Å². The third-order valence-corrected chi connectivity index (χ3v) is 8.02. The molecule has 40 heavy (non-hydrogen) atoms. The zero-order valence-corrected chi connectivity index (χ0v) is 27.8. The fraction of sp³-hybridized carbons (Fsp3) is 0.968. The Kier molecular flexibility index (Phi) is 25.8. The van der Waals surface area contributed by atoms with Crippen molar-refractivity contribution in [3.8, 4) is 0 Å². The summed E-state index contributed by atoms with van der Waals surface area (Å²) >= 11 is 0. The average Bonchev–Trinajstić information content (AvgIpc) is 2.89. The van der Waals surface area contributed by atoms with Crippen LogP contribution < -0.4 is 5.32 Å². The van der Waals surface area contributed by atoms with Gasteiger partial charge in [0.25, 0.3) is 0 Å². The number of hydrogen-bond acceptors (Lipinski definition) is 5. The first-order valence-electron chi connectivity index (χ1n) is 16.4. The van der Waals surface area contributed by atoms with Crippen molar-refractivity contribution in [3.05, 3.63) is 0 Å². The van der Waals surface area contributed by atoms with Crippen LogP contribution in [-0.4, -0.2) is 75.4 Å². The minimum absolute atomic E-state index is 0.0163. The highest BCUT2D eigenvalue weighted by atomic mass is 31.2. The molecule has 0 radical (unpaired) electrons. The molecule has 0 aliphatic rings. The third-order valence-electron chi connectivity index (χ3n) is 7.03. The molecular weight excluding hydrogens is 527 g/mol. The Hall–Kier alpha value is -0.500. The van der Waals surface area contributed by atoms with E-state index in [1.807, 2.05) is 28.1 Å². The van der Waals surface area contributed by atoms with Crippen LogP contribution in [0.15, 0.2) is 0 Å². The zero-order valence-electron chi connectivity index (χ0n) is 26.9. The fourth-order valence-corrected chi connectivity index (χ4v) is 5.16. The van der Waals surface area contributed by atoms with E-state index in [9.17, 15) is 14.3 Å². The standard InChI is InChI=1S/C31H65N2O6P/c1-6-8-9-10-11-12-13-14-15-16-17-18-19-20-21-22-23-24-31(34)32-28-30(37-26-7-2)29-39-40(35,36)38-27-25-33(3,4)5/h30H,6-29H2,1-5H3,(H-,32,34,35,36)/p+1. The lowest BCUT2D eigenvalue weighted by Gasteiger charge is -2.24. The van der Waals surface area contributed by atoms with Crippen LogP contribution in [0.25, 0.3) is 0 Å². The molecule has 0 aliphatic heterocycles. The third kappa shape index (κ3) is 29.0. The van der Waals surface area contributed by atoms with Gasteiger partial charge in [-0.25, -0.2) is 4.57 Å². The molecule has 240 valence electrons. The number of phosphoric ester groups is 1. The SMILES string of the molecule is CCCCCCCCCCCCCCCCCCCC(=O)NCC(COP(=O)(O)OCC[N+](C)(C)C)OCCC. The van der Waals surface area contributed by atoms with Gasteiger partial charge in [0, 0.05) is 19.6 Å². The van der Waals surface area contributed by atoms with E-state index in [1.54, 1.807) is 0 Å². The monoisotopic (exact) mass is 593 g/mol. The van der Waals surface area contributed by atoms with E-state index in [0.717, 1.165) is 19.3 Å². The number of nitrogens with one attached hydrogen (secondary N) is 1. The molecule has 0 spiro atoms. The van der Waals surface area contributed by atoms with Crippen molar-refractivity contribution in [3.63, 3.8) is 0 Å². The van der Waals surface area contributed by atoms with Gasteiger partial charge in [-0.15, -0.1) is 0 Å². The highest BCUT2D eigenvalue weighted by molar-refractivity contribution is 7.47. The van der Waals surface area contributed by atoms with Gasteiger partial charge in [0.05, 0.1) is 33.9 Å². The molecule has 0 fully saturated rings. The molecule has 2 atom stereocenters. The number of carbonyl (C=O) groups is 1. The highest BCUT2D eigenvalue weighted by Crippen LogP contribution is 2.43. The molecule has 0 saturated carbocycles. The van der Waals surface area contributed by atoms with Crippen LogP contribution in [0, 0.1) is 0 Å². The number of unbranched alkanes of at least 4 members (excludes halogenated alkanes) is 16. The predicted molar refractivity (Wildman–Crippen MR) is 166 cm³/mol. The van der Waals surface area contributed by atoms with Crippen LogP contribution >= 0.6 is 7.82 Å². The van der Waals surface area contributed by atoms with Crippen molar-refractivity contribution in [2.45, 2.75) is 142 Å². The second-order valence-corrected chi connectivity index (χ2v) is 13.8. The number of nitrogens with zero attached hydrogens (tertiary/aromatic N) is 1. The number of likely N-dealkylation sites (N-methyl/N-ethyl adjacent to an activating group) is 1. The minimum Gasteiger partial charge on any atom is -0.374 e. The van der Waals surface area contributed by atoms with Gasteiger partial charge in [0.15, 0.2) is 0 Å². The molecule has 0 saturated heterocycles. The Balaban J connectivity index is 3.78. The maximum atomic E-state index is 12.3. The number of ether oxygens (including phenoxy) is 1.